The third-order valence-corrected chi connectivity index (χ3v) is 3.54. The van der Waals surface area contributed by atoms with Gasteiger partial charge in [-0.05, 0) is 19.9 Å². The molecule has 0 aromatic heterocycles. The third-order valence-electron chi connectivity index (χ3n) is 3.54. The van der Waals surface area contributed by atoms with E-state index in [0.29, 0.717) is 5.54 Å². The summed E-state index contributed by atoms with van der Waals surface area (Å²) in [5.74, 6) is 0. The molecular formula is C10H19NO. The molecule has 0 aromatic carbocycles. The molecule has 0 aromatic rings. The first-order valence-electron chi connectivity index (χ1n) is 5.13. The van der Waals surface area contributed by atoms with Crippen LogP contribution in [0.3, 0.4) is 0 Å². The largest absolute Gasteiger partial charge is 0.378 e. The topological polar surface area (TPSA) is 12.5 Å². The maximum Gasteiger partial charge on any atom is 0.0650 e. The molecule has 0 bridgehead atoms. The predicted octanol–water partition coefficient (Wildman–Crippen LogP) is 1.65. The van der Waals surface area contributed by atoms with Crippen LogP contribution in [0, 0.1) is 0 Å². The van der Waals surface area contributed by atoms with Crippen molar-refractivity contribution in [3.63, 3.8) is 0 Å². The quantitative estimate of drug-likeness (QED) is 0.546. The first-order chi connectivity index (χ1) is 5.83. The zero-order valence-electron chi connectivity index (χ0n) is 8.01. The second kappa shape index (κ2) is 3.35. The van der Waals surface area contributed by atoms with Crippen molar-refractivity contribution in [1.82, 2.24) is 4.90 Å². The molecule has 1 aliphatic carbocycles. The molecule has 70 valence electrons. The van der Waals surface area contributed by atoms with E-state index in [-0.39, 0.29) is 0 Å². The van der Waals surface area contributed by atoms with Crippen LogP contribution in [0.1, 0.15) is 32.1 Å². The minimum absolute atomic E-state index is 0.427. The van der Waals surface area contributed by atoms with Crippen LogP contribution in [0.5, 0.6) is 0 Å². The molecule has 1 saturated carbocycles. The Bertz CT molecular complexity index is 144. The zero-order chi connectivity index (χ0) is 8.44. The molecule has 0 radical (unpaired) electrons. The highest BCUT2D eigenvalue weighted by Gasteiger charge is 2.38. The fraction of sp³-hybridized carbons (Fsp3) is 1.00. The van der Waals surface area contributed by atoms with E-state index in [9.17, 15) is 0 Å². The van der Waals surface area contributed by atoms with Gasteiger partial charge in [0, 0.05) is 12.1 Å². The second-order valence-corrected chi connectivity index (χ2v) is 4.26. The summed E-state index contributed by atoms with van der Waals surface area (Å²) < 4.78 is 5.59. The molecule has 2 rings (SSSR count). The molecule has 1 saturated heterocycles. The predicted molar refractivity (Wildman–Crippen MR) is 49.3 cm³/mol. The van der Waals surface area contributed by atoms with E-state index >= 15 is 0 Å². The van der Waals surface area contributed by atoms with E-state index in [1.54, 1.807) is 0 Å². The highest BCUT2D eigenvalue weighted by atomic mass is 16.5. The molecule has 0 N–H and O–H groups in total. The monoisotopic (exact) mass is 169 g/mol. The summed E-state index contributed by atoms with van der Waals surface area (Å²) in [6.07, 6.45) is 6.92. The van der Waals surface area contributed by atoms with E-state index in [2.05, 4.69) is 11.9 Å². The lowest BCUT2D eigenvalue weighted by Crippen LogP contribution is -2.55. The normalized spacial score (nSPS) is 30.8. The average molecular weight is 169 g/mol. The van der Waals surface area contributed by atoms with Gasteiger partial charge in [-0.3, -0.25) is 4.90 Å². The van der Waals surface area contributed by atoms with Gasteiger partial charge in [0.15, 0.2) is 0 Å². The maximum absolute atomic E-state index is 5.59. The third kappa shape index (κ3) is 1.38. The lowest BCUT2D eigenvalue weighted by molar-refractivity contribution is -0.0726. The average Bonchev–Trinajstić information content (AvgIpc) is 2.12. The van der Waals surface area contributed by atoms with Crippen LogP contribution in [0.15, 0.2) is 0 Å². The summed E-state index contributed by atoms with van der Waals surface area (Å²) in [7, 11) is 2.26. The Kier molecular flexibility index (Phi) is 2.37. The minimum atomic E-state index is 0.427. The lowest BCUT2D eigenvalue weighted by Gasteiger charge is -2.47. The molecule has 0 unspecified atom stereocenters. The molecule has 2 fully saturated rings. The summed E-state index contributed by atoms with van der Waals surface area (Å²) in [6, 6.07) is 0. The van der Waals surface area contributed by atoms with Gasteiger partial charge in [0.1, 0.15) is 0 Å². The van der Waals surface area contributed by atoms with Crippen LogP contribution < -0.4 is 0 Å². The molecule has 0 amide bonds. The van der Waals surface area contributed by atoms with Gasteiger partial charge in [-0.1, -0.05) is 19.3 Å². The van der Waals surface area contributed by atoms with Crippen LogP contribution in [-0.2, 0) is 4.74 Å². The number of rotatable bonds is 0. The zero-order valence-corrected chi connectivity index (χ0v) is 8.01. The van der Waals surface area contributed by atoms with Crippen molar-refractivity contribution in [2.45, 2.75) is 37.6 Å². The Morgan fingerprint density at radius 3 is 2.58 bits per heavy atom. The van der Waals surface area contributed by atoms with Crippen molar-refractivity contribution in [1.29, 1.82) is 0 Å². The standard InChI is InChI=1S/C10H19NO/c1-11-7-8-12-9-10(11)5-3-2-4-6-10/h2-9H2,1H3. The molecule has 2 heteroatoms. The molecule has 1 aliphatic heterocycles. The van der Waals surface area contributed by atoms with Crippen molar-refractivity contribution < 1.29 is 4.74 Å². The Balaban J connectivity index is 2.04. The first-order valence-corrected chi connectivity index (χ1v) is 5.13. The summed E-state index contributed by atoms with van der Waals surface area (Å²) in [6.45, 7) is 3.03. The molecule has 0 atom stereocenters. The van der Waals surface area contributed by atoms with E-state index < -0.39 is 0 Å². The number of nitrogens with zero attached hydrogens (tertiary/aromatic N) is 1. The van der Waals surface area contributed by atoms with Gasteiger partial charge in [-0.2, -0.15) is 0 Å². The Hall–Kier alpha value is -0.0800. The van der Waals surface area contributed by atoms with Crippen LogP contribution in [-0.4, -0.2) is 37.2 Å². The van der Waals surface area contributed by atoms with Gasteiger partial charge in [-0.15, -0.1) is 0 Å². The fourth-order valence-electron chi connectivity index (χ4n) is 2.55. The number of hydrogen-bond donors (Lipinski definition) is 0. The lowest BCUT2D eigenvalue weighted by atomic mass is 9.80. The van der Waals surface area contributed by atoms with Crippen molar-refractivity contribution in [3.05, 3.63) is 0 Å². The molecule has 2 nitrogen and oxygen atoms in total. The van der Waals surface area contributed by atoms with Crippen LogP contribution in [0.4, 0.5) is 0 Å². The summed E-state index contributed by atoms with van der Waals surface area (Å²) in [5, 5.41) is 0. The molecule has 12 heavy (non-hydrogen) atoms. The Labute approximate surface area is 74.9 Å². The summed E-state index contributed by atoms with van der Waals surface area (Å²) in [4.78, 5) is 2.52. The van der Waals surface area contributed by atoms with Crippen molar-refractivity contribution >= 4 is 0 Å². The van der Waals surface area contributed by atoms with Crippen LogP contribution in [0.25, 0.3) is 0 Å². The smallest absolute Gasteiger partial charge is 0.0650 e. The van der Waals surface area contributed by atoms with Gasteiger partial charge in [0.2, 0.25) is 0 Å². The van der Waals surface area contributed by atoms with E-state index in [4.69, 9.17) is 4.74 Å². The highest BCUT2D eigenvalue weighted by Crippen LogP contribution is 2.34. The summed E-state index contributed by atoms with van der Waals surface area (Å²) >= 11 is 0. The number of likely N-dealkylation sites (N-methyl/N-ethyl adjacent to an activating group) is 1. The first kappa shape index (κ1) is 8.52. The van der Waals surface area contributed by atoms with Crippen molar-refractivity contribution in [3.8, 4) is 0 Å². The molecule has 1 heterocycles. The SMILES string of the molecule is CN1CCOCC12CCCCC2. The second-order valence-electron chi connectivity index (χ2n) is 4.26. The van der Waals surface area contributed by atoms with Crippen LogP contribution >= 0.6 is 0 Å². The van der Waals surface area contributed by atoms with E-state index in [0.717, 1.165) is 19.8 Å². The minimum Gasteiger partial charge on any atom is -0.378 e. The van der Waals surface area contributed by atoms with Crippen molar-refractivity contribution in [2.24, 2.45) is 0 Å². The number of hydrogen-bond acceptors (Lipinski definition) is 2. The Morgan fingerprint density at radius 2 is 1.92 bits per heavy atom. The molecular weight excluding hydrogens is 150 g/mol. The molecule has 1 spiro atoms. The maximum atomic E-state index is 5.59. The van der Waals surface area contributed by atoms with Crippen molar-refractivity contribution in [2.75, 3.05) is 26.8 Å². The van der Waals surface area contributed by atoms with E-state index in [1.165, 1.54) is 32.1 Å². The number of morpholine rings is 1. The number of ether oxygens (including phenoxy) is 1. The van der Waals surface area contributed by atoms with Gasteiger partial charge in [-0.25, -0.2) is 0 Å². The fourth-order valence-corrected chi connectivity index (χ4v) is 2.55. The molecule has 2 aliphatic rings. The van der Waals surface area contributed by atoms with Gasteiger partial charge in [0.25, 0.3) is 0 Å². The van der Waals surface area contributed by atoms with Crippen LogP contribution in [0.2, 0.25) is 0 Å². The summed E-state index contributed by atoms with van der Waals surface area (Å²) in [5.41, 5.74) is 0.427. The van der Waals surface area contributed by atoms with Gasteiger partial charge >= 0.3 is 0 Å². The van der Waals surface area contributed by atoms with Gasteiger partial charge < -0.3 is 4.74 Å². The van der Waals surface area contributed by atoms with Gasteiger partial charge in [0.05, 0.1) is 13.2 Å². The Morgan fingerprint density at radius 1 is 1.17 bits per heavy atom. The highest BCUT2D eigenvalue weighted by molar-refractivity contribution is 4.93. The van der Waals surface area contributed by atoms with E-state index in [1.807, 2.05) is 0 Å².